The molecule has 3 aliphatic rings. The molecule has 12 heteroatoms. The van der Waals surface area contributed by atoms with Crippen LogP contribution in [0.5, 0.6) is 11.5 Å². The van der Waals surface area contributed by atoms with E-state index in [0.29, 0.717) is 30.9 Å². The summed E-state index contributed by atoms with van der Waals surface area (Å²) in [6.07, 6.45) is 7.08. The van der Waals surface area contributed by atoms with Gasteiger partial charge in [0.2, 0.25) is 0 Å². The van der Waals surface area contributed by atoms with Crippen LogP contribution < -0.4 is 15.4 Å². The number of aromatic hydroxyl groups is 1. The number of ether oxygens (including phenoxy) is 4. The maximum Gasteiger partial charge on any atom is 0.311 e. The third-order valence-corrected chi connectivity index (χ3v) is 9.37. The van der Waals surface area contributed by atoms with Gasteiger partial charge in [-0.3, -0.25) is 24.1 Å². The van der Waals surface area contributed by atoms with Crippen LogP contribution in [0.15, 0.2) is 48.5 Å². The minimum atomic E-state index is -0.264. The van der Waals surface area contributed by atoms with Gasteiger partial charge in [0, 0.05) is 42.8 Å². The summed E-state index contributed by atoms with van der Waals surface area (Å²) in [5.74, 6) is -0.474. The van der Waals surface area contributed by atoms with Crippen LogP contribution >= 0.6 is 0 Å². The predicted octanol–water partition coefficient (Wildman–Crippen LogP) is 4.49. The Labute approximate surface area is 295 Å². The molecule has 3 N–H and O–H groups in total. The molecular weight excluding hydrogens is 642 g/mol. The largest absolute Gasteiger partial charge is 0.508 e. The van der Waals surface area contributed by atoms with E-state index in [1.165, 1.54) is 12.1 Å². The first-order chi connectivity index (χ1) is 24.3. The first kappa shape index (κ1) is 38.6. The minimum absolute atomic E-state index is 0.119. The summed E-state index contributed by atoms with van der Waals surface area (Å²) >= 11 is 0. The second-order valence-electron chi connectivity index (χ2n) is 12.8. The molecule has 274 valence electrons. The van der Waals surface area contributed by atoms with Gasteiger partial charge in [0.25, 0.3) is 11.8 Å². The smallest absolute Gasteiger partial charge is 0.311 e. The quantitative estimate of drug-likeness (QED) is 0.271. The van der Waals surface area contributed by atoms with Crippen LogP contribution in [0.1, 0.15) is 85.9 Å². The van der Waals surface area contributed by atoms with Crippen LogP contribution in [0.3, 0.4) is 0 Å². The van der Waals surface area contributed by atoms with Crippen molar-refractivity contribution < 1.29 is 43.2 Å². The van der Waals surface area contributed by atoms with Crippen molar-refractivity contribution in [2.75, 3.05) is 52.7 Å². The van der Waals surface area contributed by atoms with Crippen molar-refractivity contribution in [2.24, 2.45) is 11.8 Å². The number of carbonyl (C=O) groups is 4. The Morgan fingerprint density at radius 2 is 1.18 bits per heavy atom. The van der Waals surface area contributed by atoms with Crippen LogP contribution in [0.2, 0.25) is 0 Å². The number of rotatable bonds is 12. The number of carbonyl (C=O) groups excluding carboxylic acids is 4. The van der Waals surface area contributed by atoms with Crippen LogP contribution in [0, 0.1) is 11.8 Å². The van der Waals surface area contributed by atoms with E-state index >= 15 is 0 Å². The first-order valence-corrected chi connectivity index (χ1v) is 18.1. The molecule has 0 bridgehead atoms. The van der Waals surface area contributed by atoms with Crippen molar-refractivity contribution in [3.8, 4) is 11.5 Å². The lowest BCUT2D eigenvalue weighted by molar-refractivity contribution is -0.150. The van der Waals surface area contributed by atoms with E-state index < -0.39 is 0 Å². The monoisotopic (exact) mass is 695 g/mol. The van der Waals surface area contributed by atoms with Crippen molar-refractivity contribution in [3.05, 3.63) is 59.7 Å². The van der Waals surface area contributed by atoms with E-state index in [4.69, 9.17) is 18.9 Å². The highest BCUT2D eigenvalue weighted by atomic mass is 16.5. The topological polar surface area (TPSA) is 153 Å². The molecule has 0 aromatic heterocycles. The molecule has 2 aromatic carbocycles. The number of hydrogen-bond donors (Lipinski definition) is 3. The van der Waals surface area contributed by atoms with Crippen molar-refractivity contribution in [3.63, 3.8) is 0 Å². The van der Waals surface area contributed by atoms with Crippen molar-refractivity contribution >= 4 is 23.8 Å². The summed E-state index contributed by atoms with van der Waals surface area (Å²) in [6.45, 7) is 9.22. The van der Waals surface area contributed by atoms with E-state index in [1.807, 2.05) is 12.1 Å². The van der Waals surface area contributed by atoms with Gasteiger partial charge in [-0.05, 0) is 88.1 Å². The van der Waals surface area contributed by atoms with E-state index in [0.717, 1.165) is 90.0 Å². The number of nitrogens with one attached hydrogen (secondary N) is 2. The van der Waals surface area contributed by atoms with Gasteiger partial charge < -0.3 is 34.7 Å². The predicted molar refractivity (Wildman–Crippen MR) is 187 cm³/mol. The van der Waals surface area contributed by atoms with E-state index in [1.54, 1.807) is 38.1 Å². The Balaban J connectivity index is 0.000000237. The third kappa shape index (κ3) is 12.0. The number of hydrogen-bond acceptors (Lipinski definition) is 10. The number of esters is 2. The van der Waals surface area contributed by atoms with Crippen LogP contribution in [0.25, 0.3) is 0 Å². The second kappa shape index (κ2) is 20.5. The average molecular weight is 696 g/mol. The standard InChI is InChI=1S/C22H32N2O5.C16H21NO4/c1-2-28-22(26)19-5-3-4-6-20(19)23-21(25)17-7-9-18(10-8-17)29-16-13-24-11-14-27-15-12-24;1-2-21-16(20)13-5-3-4-6-14(13)17-15(19)11-7-9-12(18)10-8-11/h7-10,19-20H,2-6,11-16H2,1H3,(H,23,25);7-10,13-14,18H,2-6H2,1H3,(H,17,19)/t19-,20+;13-,14+/m11/s1. The maximum absolute atomic E-state index is 12.6. The number of nitrogens with zero attached hydrogens (tertiary/aromatic N) is 1. The normalized spacial score (nSPS) is 22.2. The van der Waals surface area contributed by atoms with Crippen LogP contribution in [0.4, 0.5) is 0 Å². The summed E-state index contributed by atoms with van der Waals surface area (Å²) < 4.78 is 21.4. The number of phenols is 1. The van der Waals surface area contributed by atoms with E-state index in [2.05, 4.69) is 15.5 Å². The Morgan fingerprint density at radius 3 is 1.66 bits per heavy atom. The number of benzene rings is 2. The van der Waals surface area contributed by atoms with Gasteiger partial charge in [-0.15, -0.1) is 0 Å². The Hall–Kier alpha value is -4.16. The molecule has 0 unspecified atom stereocenters. The molecule has 2 aromatic rings. The van der Waals surface area contributed by atoms with Gasteiger partial charge in [-0.25, -0.2) is 0 Å². The number of morpholine rings is 1. The molecule has 2 aliphatic carbocycles. The summed E-state index contributed by atoms with van der Waals surface area (Å²) in [5, 5.41) is 15.2. The second-order valence-corrected chi connectivity index (χ2v) is 12.8. The molecule has 4 atom stereocenters. The Kier molecular flexibility index (Phi) is 15.8. The molecule has 1 aliphatic heterocycles. The molecule has 0 spiro atoms. The summed E-state index contributed by atoms with van der Waals surface area (Å²) in [5.41, 5.74) is 1.04. The minimum Gasteiger partial charge on any atom is -0.508 e. The fourth-order valence-electron chi connectivity index (χ4n) is 6.61. The highest BCUT2D eigenvalue weighted by Gasteiger charge is 2.34. The molecule has 2 saturated carbocycles. The van der Waals surface area contributed by atoms with Gasteiger partial charge in [0.15, 0.2) is 0 Å². The summed E-state index contributed by atoms with van der Waals surface area (Å²) in [4.78, 5) is 51.3. The zero-order valence-corrected chi connectivity index (χ0v) is 29.4. The van der Waals surface area contributed by atoms with Crippen LogP contribution in [-0.2, 0) is 23.8 Å². The summed E-state index contributed by atoms with van der Waals surface area (Å²) in [6, 6.07) is 12.9. The fourth-order valence-corrected chi connectivity index (χ4v) is 6.61. The summed E-state index contributed by atoms with van der Waals surface area (Å²) in [7, 11) is 0. The van der Waals surface area contributed by atoms with Crippen molar-refractivity contribution in [2.45, 2.75) is 77.3 Å². The SMILES string of the molecule is CCOC(=O)[C@@H]1CCCC[C@@H]1NC(=O)c1ccc(O)cc1.CCOC(=O)[C@@H]1CCCC[C@@H]1NC(=O)c1ccc(OCCN2CCOCC2)cc1. The number of amides is 2. The average Bonchev–Trinajstić information content (AvgIpc) is 3.13. The lowest BCUT2D eigenvalue weighted by atomic mass is 9.84. The lowest BCUT2D eigenvalue weighted by Gasteiger charge is -2.30. The van der Waals surface area contributed by atoms with Crippen molar-refractivity contribution in [1.29, 1.82) is 0 Å². The van der Waals surface area contributed by atoms with Crippen molar-refractivity contribution in [1.82, 2.24) is 15.5 Å². The molecule has 1 heterocycles. The third-order valence-electron chi connectivity index (χ3n) is 9.37. The molecule has 1 saturated heterocycles. The van der Waals surface area contributed by atoms with E-state index in [9.17, 15) is 24.3 Å². The van der Waals surface area contributed by atoms with Gasteiger partial charge in [0.1, 0.15) is 18.1 Å². The molecule has 3 fully saturated rings. The molecular formula is C38H53N3O9. The highest BCUT2D eigenvalue weighted by molar-refractivity contribution is 5.95. The molecule has 0 radical (unpaired) electrons. The van der Waals surface area contributed by atoms with Gasteiger partial charge in [-0.1, -0.05) is 25.7 Å². The number of phenolic OH excluding ortho intramolecular Hbond substituents is 1. The lowest BCUT2D eigenvalue weighted by Crippen LogP contribution is -2.45. The Bertz CT molecular complexity index is 1360. The maximum atomic E-state index is 12.6. The first-order valence-electron chi connectivity index (χ1n) is 18.1. The van der Waals surface area contributed by atoms with Crippen LogP contribution in [-0.4, -0.2) is 98.5 Å². The fraction of sp³-hybridized carbons (Fsp3) is 0.579. The molecule has 12 nitrogen and oxygen atoms in total. The van der Waals surface area contributed by atoms with Gasteiger partial charge in [-0.2, -0.15) is 0 Å². The molecule has 50 heavy (non-hydrogen) atoms. The zero-order chi connectivity index (χ0) is 35.7. The van der Waals surface area contributed by atoms with Gasteiger partial charge in [0.05, 0.1) is 38.3 Å². The zero-order valence-electron chi connectivity index (χ0n) is 29.4. The molecule has 2 amide bonds. The molecule has 5 rings (SSSR count). The van der Waals surface area contributed by atoms with Gasteiger partial charge >= 0.3 is 11.9 Å². The Morgan fingerprint density at radius 1 is 0.720 bits per heavy atom. The van der Waals surface area contributed by atoms with E-state index in [-0.39, 0.29) is 53.4 Å². The highest BCUT2D eigenvalue weighted by Crippen LogP contribution is 2.27.